The van der Waals surface area contributed by atoms with Gasteiger partial charge in [-0.15, -0.1) is 0 Å². The Morgan fingerprint density at radius 3 is 2.60 bits per heavy atom. The van der Waals surface area contributed by atoms with Crippen molar-refractivity contribution in [2.75, 3.05) is 0 Å². The van der Waals surface area contributed by atoms with E-state index in [1.54, 1.807) is 6.07 Å². The minimum atomic E-state index is -0.790. The van der Waals surface area contributed by atoms with Gasteiger partial charge in [-0.3, -0.25) is 4.79 Å². The molecule has 1 aliphatic rings. The van der Waals surface area contributed by atoms with Gasteiger partial charge in [0.25, 0.3) is 5.78 Å². The molecule has 15 heavy (non-hydrogen) atoms. The normalized spacial score (nSPS) is 14.1. The summed E-state index contributed by atoms with van der Waals surface area (Å²) >= 11 is 0. The third kappa shape index (κ3) is 1.00. The van der Waals surface area contributed by atoms with Gasteiger partial charge in [0.2, 0.25) is 0 Å². The molecule has 2 aromatic rings. The SMILES string of the molecule is O=C1Oc2c(ccc3ccccc23)C1=O. The number of fused-ring (bicyclic) bond motifs is 3. The topological polar surface area (TPSA) is 43.4 Å². The molecule has 0 bridgehead atoms. The van der Waals surface area contributed by atoms with Gasteiger partial charge in [-0.2, -0.15) is 0 Å². The van der Waals surface area contributed by atoms with E-state index in [4.69, 9.17) is 4.74 Å². The van der Waals surface area contributed by atoms with Crippen molar-refractivity contribution in [3.05, 3.63) is 42.0 Å². The zero-order chi connectivity index (χ0) is 10.4. The first-order valence-corrected chi connectivity index (χ1v) is 4.55. The molecule has 3 nitrogen and oxygen atoms in total. The van der Waals surface area contributed by atoms with Crippen LogP contribution in [0.1, 0.15) is 10.4 Å². The van der Waals surface area contributed by atoms with Crippen molar-refractivity contribution >= 4 is 22.5 Å². The number of esters is 1. The summed E-state index contributed by atoms with van der Waals surface area (Å²) in [5.74, 6) is -0.958. The van der Waals surface area contributed by atoms with Crippen LogP contribution in [0.4, 0.5) is 0 Å². The molecule has 0 amide bonds. The van der Waals surface area contributed by atoms with E-state index in [1.165, 1.54) is 0 Å². The molecule has 0 N–H and O–H groups in total. The monoisotopic (exact) mass is 198 g/mol. The zero-order valence-corrected chi connectivity index (χ0v) is 7.69. The van der Waals surface area contributed by atoms with Crippen molar-refractivity contribution in [1.82, 2.24) is 0 Å². The number of hydrogen-bond acceptors (Lipinski definition) is 3. The fourth-order valence-corrected chi connectivity index (χ4v) is 1.78. The van der Waals surface area contributed by atoms with E-state index in [0.29, 0.717) is 11.3 Å². The lowest BCUT2D eigenvalue weighted by Gasteiger charge is -2.01. The molecular weight excluding hydrogens is 192 g/mol. The van der Waals surface area contributed by atoms with Crippen LogP contribution >= 0.6 is 0 Å². The molecule has 0 atom stereocenters. The van der Waals surface area contributed by atoms with Crippen molar-refractivity contribution in [1.29, 1.82) is 0 Å². The van der Waals surface area contributed by atoms with E-state index in [9.17, 15) is 9.59 Å². The molecule has 0 aromatic heterocycles. The van der Waals surface area contributed by atoms with Crippen LogP contribution in [-0.4, -0.2) is 11.8 Å². The average molecular weight is 198 g/mol. The third-order valence-electron chi connectivity index (χ3n) is 2.50. The Morgan fingerprint density at radius 2 is 1.73 bits per heavy atom. The Kier molecular flexibility index (Phi) is 1.45. The van der Waals surface area contributed by atoms with Gasteiger partial charge in [0.05, 0.1) is 5.56 Å². The molecule has 0 saturated heterocycles. The van der Waals surface area contributed by atoms with Crippen molar-refractivity contribution < 1.29 is 14.3 Å². The van der Waals surface area contributed by atoms with Crippen LogP contribution in [0.25, 0.3) is 10.8 Å². The number of hydrogen-bond donors (Lipinski definition) is 0. The van der Waals surface area contributed by atoms with Crippen LogP contribution in [0.15, 0.2) is 36.4 Å². The molecule has 3 heteroatoms. The Labute approximate surface area is 85.3 Å². The molecule has 2 aromatic carbocycles. The maximum absolute atomic E-state index is 11.4. The standard InChI is InChI=1S/C12H6O3/c13-10-9-6-5-7-3-1-2-4-8(7)11(9)15-12(10)14/h1-6H. The summed E-state index contributed by atoms with van der Waals surface area (Å²) in [6, 6.07) is 10.9. The smallest absolute Gasteiger partial charge is 0.385 e. The quantitative estimate of drug-likeness (QED) is 0.369. The predicted molar refractivity (Wildman–Crippen MR) is 53.9 cm³/mol. The summed E-state index contributed by atoms with van der Waals surface area (Å²) in [5, 5.41) is 1.76. The van der Waals surface area contributed by atoms with E-state index < -0.39 is 11.8 Å². The second kappa shape index (κ2) is 2.67. The van der Waals surface area contributed by atoms with Crippen LogP contribution in [0.3, 0.4) is 0 Å². The van der Waals surface area contributed by atoms with Crippen LogP contribution in [0.2, 0.25) is 0 Å². The van der Waals surface area contributed by atoms with Crippen LogP contribution in [0, 0.1) is 0 Å². The van der Waals surface area contributed by atoms with E-state index in [0.717, 1.165) is 10.8 Å². The highest BCUT2D eigenvalue weighted by atomic mass is 16.5. The number of Topliss-reactive ketones (excluding diaryl/α,β-unsaturated/α-hetero) is 1. The molecule has 1 aliphatic heterocycles. The summed E-state index contributed by atoms with van der Waals surface area (Å²) in [5.41, 5.74) is 0.360. The molecule has 0 fully saturated rings. The van der Waals surface area contributed by atoms with Gasteiger partial charge in [-0.1, -0.05) is 30.3 Å². The first-order valence-electron chi connectivity index (χ1n) is 4.55. The highest BCUT2D eigenvalue weighted by Gasteiger charge is 2.31. The van der Waals surface area contributed by atoms with Gasteiger partial charge >= 0.3 is 5.97 Å². The molecule has 0 spiro atoms. The van der Waals surface area contributed by atoms with E-state index in [2.05, 4.69) is 0 Å². The second-order valence-electron chi connectivity index (χ2n) is 3.38. The van der Waals surface area contributed by atoms with Gasteiger partial charge in [0.1, 0.15) is 0 Å². The number of carbonyl (C=O) groups is 2. The first kappa shape index (κ1) is 8.17. The van der Waals surface area contributed by atoms with Crippen molar-refractivity contribution in [2.45, 2.75) is 0 Å². The Balaban J connectivity index is 2.43. The van der Waals surface area contributed by atoms with Crippen LogP contribution < -0.4 is 4.74 Å². The minimum absolute atomic E-state index is 0.360. The van der Waals surface area contributed by atoms with E-state index in [-0.39, 0.29) is 0 Å². The van der Waals surface area contributed by atoms with Crippen LogP contribution in [0.5, 0.6) is 5.75 Å². The van der Waals surface area contributed by atoms with Gasteiger partial charge in [0, 0.05) is 5.39 Å². The molecule has 72 valence electrons. The summed E-state index contributed by atoms with van der Waals surface area (Å²) in [6.07, 6.45) is 0. The fraction of sp³-hybridized carbons (Fsp3) is 0. The van der Waals surface area contributed by atoms with Gasteiger partial charge < -0.3 is 4.74 Å². The zero-order valence-electron chi connectivity index (χ0n) is 7.69. The Morgan fingerprint density at radius 1 is 0.933 bits per heavy atom. The number of benzene rings is 2. The fourth-order valence-electron chi connectivity index (χ4n) is 1.78. The van der Waals surface area contributed by atoms with Crippen molar-refractivity contribution in [3.63, 3.8) is 0 Å². The number of rotatable bonds is 0. The molecule has 0 saturated carbocycles. The summed E-state index contributed by atoms with van der Waals surface area (Å²) in [6.45, 7) is 0. The lowest BCUT2D eigenvalue weighted by Crippen LogP contribution is -2.10. The molecule has 0 radical (unpaired) electrons. The number of carbonyl (C=O) groups excluding carboxylic acids is 2. The van der Waals surface area contributed by atoms with E-state index in [1.807, 2.05) is 30.3 Å². The van der Waals surface area contributed by atoms with Crippen molar-refractivity contribution in [2.24, 2.45) is 0 Å². The first-order chi connectivity index (χ1) is 7.27. The highest BCUT2D eigenvalue weighted by Crippen LogP contribution is 2.34. The molecule has 0 unspecified atom stereocenters. The van der Waals surface area contributed by atoms with Gasteiger partial charge in [-0.25, -0.2) is 4.79 Å². The molecule has 3 rings (SSSR count). The highest BCUT2D eigenvalue weighted by molar-refractivity contribution is 6.45. The van der Waals surface area contributed by atoms with E-state index >= 15 is 0 Å². The Hall–Kier alpha value is -2.16. The molecule has 0 aliphatic carbocycles. The maximum Gasteiger partial charge on any atom is 0.385 e. The summed E-state index contributed by atoms with van der Waals surface area (Å²) in [4.78, 5) is 22.5. The largest absolute Gasteiger partial charge is 0.419 e. The number of ether oxygens (including phenoxy) is 1. The average Bonchev–Trinajstić information content (AvgIpc) is 2.56. The summed E-state index contributed by atoms with van der Waals surface area (Å²) < 4.78 is 4.94. The van der Waals surface area contributed by atoms with Crippen molar-refractivity contribution in [3.8, 4) is 5.75 Å². The minimum Gasteiger partial charge on any atom is -0.419 e. The lowest BCUT2D eigenvalue weighted by molar-refractivity contribution is -0.128. The van der Waals surface area contributed by atoms with Crippen LogP contribution in [-0.2, 0) is 4.79 Å². The Bertz CT molecular complexity index is 599. The predicted octanol–water partition coefficient (Wildman–Crippen LogP) is 1.94. The summed E-state index contributed by atoms with van der Waals surface area (Å²) in [7, 11) is 0. The van der Waals surface area contributed by atoms with Gasteiger partial charge in [0.15, 0.2) is 5.75 Å². The number of ketones is 1. The van der Waals surface area contributed by atoms with Gasteiger partial charge in [-0.05, 0) is 11.5 Å². The second-order valence-corrected chi connectivity index (χ2v) is 3.38. The molecule has 1 heterocycles. The lowest BCUT2D eigenvalue weighted by atomic mass is 10.0. The molecular formula is C12H6O3. The third-order valence-corrected chi connectivity index (χ3v) is 2.50. The maximum atomic E-state index is 11.4.